The molecule has 2 fully saturated rings. The second-order valence-corrected chi connectivity index (χ2v) is 5.89. The van der Waals surface area contributed by atoms with Gasteiger partial charge < -0.3 is 14.4 Å². The summed E-state index contributed by atoms with van der Waals surface area (Å²) in [4.78, 5) is 14.7. The molecule has 3 rings (SSSR count). The SMILES string of the molecule is COCC(C)N1C(=O)C2(CC2)NC1c1ccccc1OC. The van der Waals surface area contributed by atoms with E-state index in [1.165, 1.54) is 0 Å². The van der Waals surface area contributed by atoms with Crippen LogP contribution in [0.5, 0.6) is 5.75 Å². The van der Waals surface area contributed by atoms with E-state index in [4.69, 9.17) is 9.47 Å². The molecular weight excluding hydrogens is 268 g/mol. The monoisotopic (exact) mass is 290 g/mol. The lowest BCUT2D eigenvalue weighted by atomic mass is 10.1. The quantitative estimate of drug-likeness (QED) is 0.896. The zero-order valence-corrected chi connectivity index (χ0v) is 12.8. The van der Waals surface area contributed by atoms with E-state index in [-0.39, 0.29) is 23.7 Å². The molecular formula is C16H22N2O3. The Labute approximate surface area is 125 Å². The lowest BCUT2D eigenvalue weighted by Crippen LogP contribution is -2.41. The van der Waals surface area contributed by atoms with Crippen LogP contribution in [0.3, 0.4) is 0 Å². The molecule has 0 bridgehead atoms. The van der Waals surface area contributed by atoms with Gasteiger partial charge in [-0.25, -0.2) is 0 Å². The number of carbonyl (C=O) groups is 1. The molecule has 2 aliphatic rings. The van der Waals surface area contributed by atoms with Gasteiger partial charge >= 0.3 is 0 Å². The molecule has 1 aliphatic heterocycles. The van der Waals surface area contributed by atoms with Crippen LogP contribution in [0.1, 0.15) is 31.5 Å². The minimum Gasteiger partial charge on any atom is -0.496 e. The van der Waals surface area contributed by atoms with Gasteiger partial charge in [0.1, 0.15) is 17.5 Å². The number of hydrogen-bond acceptors (Lipinski definition) is 4. The summed E-state index contributed by atoms with van der Waals surface area (Å²) in [5.74, 6) is 0.984. The number of methoxy groups -OCH3 is 2. The summed E-state index contributed by atoms with van der Waals surface area (Å²) in [5.41, 5.74) is 0.646. The molecule has 1 spiro atoms. The van der Waals surface area contributed by atoms with E-state index in [9.17, 15) is 4.79 Å². The lowest BCUT2D eigenvalue weighted by molar-refractivity contribution is -0.133. The summed E-state index contributed by atoms with van der Waals surface area (Å²) in [7, 11) is 3.32. The van der Waals surface area contributed by atoms with Gasteiger partial charge in [0.15, 0.2) is 0 Å². The standard InChI is InChI=1S/C16H22N2O3/c1-11(10-20-2)18-14(17-16(8-9-16)15(18)19)12-6-4-5-7-13(12)21-3/h4-7,11,14,17H,8-10H2,1-3H3. The number of para-hydroxylation sites is 1. The predicted molar refractivity (Wildman–Crippen MR) is 79.0 cm³/mol. The molecule has 114 valence electrons. The number of carbonyl (C=O) groups excluding carboxylic acids is 1. The highest BCUT2D eigenvalue weighted by Crippen LogP contribution is 2.47. The van der Waals surface area contributed by atoms with Gasteiger partial charge in [0.25, 0.3) is 0 Å². The van der Waals surface area contributed by atoms with Crippen LogP contribution in [0, 0.1) is 0 Å². The van der Waals surface area contributed by atoms with E-state index in [1.807, 2.05) is 36.1 Å². The van der Waals surface area contributed by atoms with Crippen LogP contribution in [-0.4, -0.2) is 43.2 Å². The first-order valence-corrected chi connectivity index (χ1v) is 7.35. The molecule has 0 aromatic heterocycles. The Kier molecular flexibility index (Phi) is 3.63. The topological polar surface area (TPSA) is 50.8 Å². The van der Waals surface area contributed by atoms with Crippen molar-refractivity contribution < 1.29 is 14.3 Å². The van der Waals surface area contributed by atoms with Crippen LogP contribution >= 0.6 is 0 Å². The minimum absolute atomic E-state index is 0.0184. The molecule has 1 aromatic rings. The van der Waals surface area contributed by atoms with Gasteiger partial charge in [0.2, 0.25) is 5.91 Å². The van der Waals surface area contributed by atoms with E-state index in [2.05, 4.69) is 5.32 Å². The Balaban J connectivity index is 1.96. The van der Waals surface area contributed by atoms with Gasteiger partial charge in [-0.1, -0.05) is 18.2 Å². The Bertz CT molecular complexity index is 542. The number of nitrogens with one attached hydrogen (secondary N) is 1. The van der Waals surface area contributed by atoms with Crippen LogP contribution in [0.25, 0.3) is 0 Å². The molecule has 1 aliphatic carbocycles. The summed E-state index contributed by atoms with van der Waals surface area (Å²) < 4.78 is 10.7. The molecule has 0 radical (unpaired) electrons. The highest BCUT2D eigenvalue weighted by Gasteiger charge is 2.60. The largest absolute Gasteiger partial charge is 0.496 e. The Morgan fingerprint density at radius 1 is 1.38 bits per heavy atom. The Morgan fingerprint density at radius 2 is 2.10 bits per heavy atom. The molecule has 5 heteroatoms. The normalized spacial score (nSPS) is 24.4. The second-order valence-electron chi connectivity index (χ2n) is 5.89. The minimum atomic E-state index is -0.354. The van der Waals surface area contributed by atoms with Gasteiger partial charge in [0, 0.05) is 12.7 Å². The fourth-order valence-electron chi connectivity index (χ4n) is 3.14. The third-order valence-electron chi connectivity index (χ3n) is 4.40. The fourth-order valence-corrected chi connectivity index (χ4v) is 3.14. The van der Waals surface area contributed by atoms with E-state index in [0.29, 0.717) is 6.61 Å². The highest BCUT2D eigenvalue weighted by molar-refractivity contribution is 5.92. The molecule has 1 saturated carbocycles. The van der Waals surface area contributed by atoms with Gasteiger partial charge in [-0.2, -0.15) is 0 Å². The Morgan fingerprint density at radius 3 is 2.71 bits per heavy atom. The van der Waals surface area contributed by atoms with Crippen LogP contribution in [0.4, 0.5) is 0 Å². The van der Waals surface area contributed by atoms with E-state index >= 15 is 0 Å². The fraction of sp³-hybridized carbons (Fsp3) is 0.562. The first-order chi connectivity index (χ1) is 10.1. The summed E-state index contributed by atoms with van der Waals surface area (Å²) >= 11 is 0. The number of hydrogen-bond donors (Lipinski definition) is 1. The molecule has 2 atom stereocenters. The average Bonchev–Trinajstić information content (AvgIpc) is 3.21. The maximum atomic E-state index is 12.8. The van der Waals surface area contributed by atoms with E-state index in [0.717, 1.165) is 24.2 Å². The third kappa shape index (κ3) is 2.30. The van der Waals surface area contributed by atoms with Crippen LogP contribution in [-0.2, 0) is 9.53 Å². The van der Waals surface area contributed by atoms with Crippen molar-refractivity contribution in [1.29, 1.82) is 0 Å². The summed E-state index contributed by atoms with van der Waals surface area (Å²) in [5, 5.41) is 3.51. The lowest BCUT2D eigenvalue weighted by Gasteiger charge is -2.30. The molecule has 5 nitrogen and oxygen atoms in total. The van der Waals surface area contributed by atoms with Crippen molar-refractivity contribution in [3.63, 3.8) is 0 Å². The van der Waals surface area contributed by atoms with Crippen molar-refractivity contribution in [3.8, 4) is 5.75 Å². The number of nitrogens with zero attached hydrogens (tertiary/aromatic N) is 1. The summed E-state index contributed by atoms with van der Waals surface area (Å²) in [6.45, 7) is 2.54. The molecule has 1 heterocycles. The van der Waals surface area contributed by atoms with Crippen molar-refractivity contribution in [3.05, 3.63) is 29.8 Å². The molecule has 1 aromatic carbocycles. The molecule has 1 saturated heterocycles. The maximum absolute atomic E-state index is 12.8. The van der Waals surface area contributed by atoms with Gasteiger partial charge in [-0.05, 0) is 25.8 Å². The Hall–Kier alpha value is -1.59. The van der Waals surface area contributed by atoms with Crippen LogP contribution in [0.2, 0.25) is 0 Å². The second kappa shape index (κ2) is 5.31. The van der Waals surface area contributed by atoms with Crippen molar-refractivity contribution in [2.45, 2.75) is 37.5 Å². The molecule has 21 heavy (non-hydrogen) atoms. The van der Waals surface area contributed by atoms with Crippen molar-refractivity contribution >= 4 is 5.91 Å². The van der Waals surface area contributed by atoms with Gasteiger partial charge in [0.05, 0.1) is 19.8 Å². The molecule has 1 amide bonds. The first kappa shape index (κ1) is 14.4. The van der Waals surface area contributed by atoms with E-state index in [1.54, 1.807) is 14.2 Å². The molecule has 2 unspecified atom stereocenters. The number of ether oxygens (including phenoxy) is 2. The van der Waals surface area contributed by atoms with Crippen molar-refractivity contribution in [1.82, 2.24) is 10.2 Å². The van der Waals surface area contributed by atoms with Crippen molar-refractivity contribution in [2.75, 3.05) is 20.8 Å². The highest BCUT2D eigenvalue weighted by atomic mass is 16.5. The predicted octanol–water partition coefficient (Wildman–Crippen LogP) is 1.69. The van der Waals surface area contributed by atoms with E-state index < -0.39 is 0 Å². The zero-order valence-electron chi connectivity index (χ0n) is 12.8. The van der Waals surface area contributed by atoms with Gasteiger partial charge in [-0.3, -0.25) is 10.1 Å². The zero-order chi connectivity index (χ0) is 15.0. The smallest absolute Gasteiger partial charge is 0.244 e. The maximum Gasteiger partial charge on any atom is 0.244 e. The molecule has 1 N–H and O–H groups in total. The summed E-state index contributed by atoms with van der Waals surface area (Å²) in [6.07, 6.45) is 1.67. The first-order valence-electron chi connectivity index (χ1n) is 7.35. The van der Waals surface area contributed by atoms with Crippen molar-refractivity contribution in [2.24, 2.45) is 0 Å². The average molecular weight is 290 g/mol. The number of rotatable bonds is 5. The summed E-state index contributed by atoms with van der Waals surface area (Å²) in [6, 6.07) is 7.87. The number of amides is 1. The number of benzene rings is 1. The third-order valence-corrected chi connectivity index (χ3v) is 4.40. The van der Waals surface area contributed by atoms with Crippen LogP contribution < -0.4 is 10.1 Å². The van der Waals surface area contributed by atoms with Crippen LogP contribution in [0.15, 0.2) is 24.3 Å². The van der Waals surface area contributed by atoms with Gasteiger partial charge in [-0.15, -0.1) is 0 Å².